The molecule has 0 saturated heterocycles. The van der Waals surface area contributed by atoms with E-state index in [9.17, 15) is 9.18 Å². The average molecular weight is 544 g/mol. The highest BCUT2D eigenvalue weighted by Crippen LogP contribution is 2.39. The lowest BCUT2D eigenvalue weighted by atomic mass is 10.1. The molecule has 0 radical (unpaired) electrons. The molecule has 0 aliphatic rings. The number of ketones is 1. The second kappa shape index (κ2) is 12.3. The zero-order valence-electron chi connectivity index (χ0n) is 22.1. The molecule has 0 aliphatic carbocycles. The number of unbranched alkanes of at least 4 members (excludes halogenated alkanes) is 3. The third-order valence-corrected chi connectivity index (χ3v) is 7.61. The largest absolute Gasteiger partial charge is 0.453 e. The van der Waals surface area contributed by atoms with E-state index < -0.39 is 5.82 Å². The molecule has 0 bridgehead atoms. The van der Waals surface area contributed by atoms with Crippen molar-refractivity contribution in [2.45, 2.75) is 58.8 Å². The summed E-state index contributed by atoms with van der Waals surface area (Å²) in [7, 11) is 0. The van der Waals surface area contributed by atoms with Crippen LogP contribution in [0.2, 0.25) is 0 Å². The van der Waals surface area contributed by atoms with E-state index in [4.69, 9.17) is 9.26 Å². The van der Waals surface area contributed by atoms with Crippen LogP contribution < -0.4 is 4.74 Å². The maximum atomic E-state index is 15.0. The Kier molecular flexibility index (Phi) is 8.42. The van der Waals surface area contributed by atoms with Crippen molar-refractivity contribution >= 4 is 27.3 Å². The van der Waals surface area contributed by atoms with Gasteiger partial charge in [-0.05, 0) is 55.2 Å². The first-order valence-electron chi connectivity index (χ1n) is 13.2. The number of nitrogens with zero attached hydrogens (tertiary/aromatic N) is 3. The Morgan fingerprint density at radius 1 is 0.974 bits per heavy atom. The molecule has 0 fully saturated rings. The SMILES string of the molecule is CCCCCCc1ccc(-c2cc3nccc(Oc4ccc(CC(=O)Cc5cc(C)on5)cc4F)c3s2)nc1. The Balaban J connectivity index is 1.27. The number of thiophene rings is 1. The van der Waals surface area contributed by atoms with Crippen molar-refractivity contribution in [3.05, 3.63) is 89.3 Å². The second-order valence-electron chi connectivity index (χ2n) is 9.68. The third kappa shape index (κ3) is 6.75. The summed E-state index contributed by atoms with van der Waals surface area (Å²) in [6.45, 7) is 3.99. The molecule has 6 nitrogen and oxygen atoms in total. The molecule has 0 amide bonds. The lowest BCUT2D eigenvalue weighted by Gasteiger charge is -2.09. The summed E-state index contributed by atoms with van der Waals surface area (Å²) in [6.07, 6.45) is 9.80. The van der Waals surface area contributed by atoms with Gasteiger partial charge in [-0.15, -0.1) is 11.3 Å². The summed E-state index contributed by atoms with van der Waals surface area (Å²) < 4.78 is 26.8. The number of fused-ring (bicyclic) bond motifs is 1. The quantitative estimate of drug-likeness (QED) is 0.148. The van der Waals surface area contributed by atoms with Crippen molar-refractivity contribution in [1.82, 2.24) is 15.1 Å². The monoisotopic (exact) mass is 543 g/mol. The first-order chi connectivity index (χ1) is 19.0. The highest BCUT2D eigenvalue weighted by Gasteiger charge is 2.15. The molecule has 4 heterocycles. The van der Waals surface area contributed by atoms with Gasteiger partial charge in [0, 0.05) is 30.9 Å². The summed E-state index contributed by atoms with van der Waals surface area (Å²) in [6, 6.07) is 14.2. The number of hydrogen-bond acceptors (Lipinski definition) is 7. The number of aromatic nitrogens is 3. The van der Waals surface area contributed by atoms with Crippen LogP contribution in [0.15, 0.2) is 65.4 Å². The molecule has 39 heavy (non-hydrogen) atoms. The highest BCUT2D eigenvalue weighted by atomic mass is 32.1. The van der Waals surface area contributed by atoms with Gasteiger partial charge in [0.1, 0.15) is 17.3 Å². The van der Waals surface area contributed by atoms with Gasteiger partial charge in [0.15, 0.2) is 11.6 Å². The van der Waals surface area contributed by atoms with Gasteiger partial charge in [-0.25, -0.2) is 4.39 Å². The van der Waals surface area contributed by atoms with E-state index in [1.54, 1.807) is 37.4 Å². The van der Waals surface area contributed by atoms with Crippen LogP contribution in [0.5, 0.6) is 11.5 Å². The molecule has 0 N–H and O–H groups in total. The molecular formula is C31H30FN3O3S. The summed E-state index contributed by atoms with van der Waals surface area (Å²) in [4.78, 5) is 22.5. The van der Waals surface area contributed by atoms with Crippen molar-refractivity contribution in [3.63, 3.8) is 0 Å². The molecule has 0 aliphatic heterocycles. The molecule has 0 unspecified atom stereocenters. The summed E-state index contributed by atoms with van der Waals surface area (Å²) in [5.41, 5.74) is 4.03. The van der Waals surface area contributed by atoms with Gasteiger partial charge in [-0.3, -0.25) is 14.8 Å². The molecule has 1 aromatic carbocycles. The van der Waals surface area contributed by atoms with Crippen LogP contribution in [-0.2, 0) is 24.1 Å². The number of benzene rings is 1. The minimum atomic E-state index is -0.532. The fourth-order valence-corrected chi connectivity index (χ4v) is 5.49. The van der Waals surface area contributed by atoms with Gasteiger partial charge in [0.25, 0.3) is 0 Å². The summed E-state index contributed by atoms with van der Waals surface area (Å²) in [5, 5.41) is 3.84. The van der Waals surface area contributed by atoms with Gasteiger partial charge in [-0.1, -0.05) is 43.5 Å². The number of rotatable bonds is 12. The summed E-state index contributed by atoms with van der Waals surface area (Å²) >= 11 is 1.52. The van der Waals surface area contributed by atoms with Gasteiger partial charge in [0.2, 0.25) is 0 Å². The Hall–Kier alpha value is -3.91. The molecular weight excluding hydrogens is 513 g/mol. The van der Waals surface area contributed by atoms with Gasteiger partial charge in [-0.2, -0.15) is 0 Å². The number of ether oxygens (including phenoxy) is 1. The van der Waals surface area contributed by atoms with Crippen LogP contribution in [0.25, 0.3) is 20.8 Å². The number of Topliss-reactive ketones (excluding diaryl/α,β-unsaturated/α-hetero) is 1. The molecule has 0 saturated carbocycles. The van der Waals surface area contributed by atoms with Gasteiger partial charge in [0.05, 0.1) is 32.9 Å². The van der Waals surface area contributed by atoms with Crippen LogP contribution in [-0.4, -0.2) is 20.9 Å². The van der Waals surface area contributed by atoms with E-state index in [0.717, 1.165) is 27.2 Å². The predicted octanol–water partition coefficient (Wildman–Crippen LogP) is 8.06. The number of carbonyl (C=O) groups is 1. The van der Waals surface area contributed by atoms with Crippen molar-refractivity contribution in [2.75, 3.05) is 0 Å². The predicted molar refractivity (Wildman–Crippen MR) is 151 cm³/mol. The minimum Gasteiger partial charge on any atom is -0.453 e. The lowest BCUT2D eigenvalue weighted by Crippen LogP contribution is -2.07. The van der Waals surface area contributed by atoms with E-state index in [2.05, 4.69) is 28.1 Å². The topological polar surface area (TPSA) is 78.1 Å². The van der Waals surface area contributed by atoms with E-state index in [0.29, 0.717) is 22.8 Å². The van der Waals surface area contributed by atoms with E-state index in [1.165, 1.54) is 48.6 Å². The number of carbonyl (C=O) groups excluding carboxylic acids is 1. The number of hydrogen-bond donors (Lipinski definition) is 0. The first-order valence-corrected chi connectivity index (χ1v) is 14.0. The van der Waals surface area contributed by atoms with Crippen LogP contribution in [0, 0.1) is 12.7 Å². The van der Waals surface area contributed by atoms with Crippen LogP contribution in [0.1, 0.15) is 55.2 Å². The Bertz CT molecular complexity index is 1580. The zero-order chi connectivity index (χ0) is 27.2. The number of halogens is 1. The standard InChI is InChI=1S/C31H30FN3O3S/c1-3-4-5-6-7-21-8-10-26(34-19-21)30-18-27-31(39-30)29(12-13-33-27)37-28-11-9-22(16-25(28)32)15-24(36)17-23-14-20(2)38-35-23/h8-14,16,18-19H,3-7,15,17H2,1-2H3. The second-order valence-corrected chi connectivity index (χ2v) is 10.7. The molecule has 0 atom stereocenters. The van der Waals surface area contributed by atoms with Crippen LogP contribution >= 0.6 is 11.3 Å². The van der Waals surface area contributed by atoms with Crippen molar-refractivity contribution in [1.29, 1.82) is 0 Å². The lowest BCUT2D eigenvalue weighted by molar-refractivity contribution is -0.117. The molecule has 4 aromatic heterocycles. The fraction of sp³-hybridized carbons (Fsp3) is 0.290. The van der Waals surface area contributed by atoms with Gasteiger partial charge < -0.3 is 9.26 Å². The smallest absolute Gasteiger partial charge is 0.166 e. The van der Waals surface area contributed by atoms with Crippen molar-refractivity contribution in [2.24, 2.45) is 0 Å². The van der Waals surface area contributed by atoms with E-state index >= 15 is 0 Å². The molecule has 8 heteroatoms. The summed E-state index contributed by atoms with van der Waals surface area (Å²) in [5.74, 6) is 0.655. The number of pyridine rings is 2. The third-order valence-electron chi connectivity index (χ3n) is 6.44. The number of aryl methyl sites for hydroxylation is 2. The molecule has 5 aromatic rings. The Morgan fingerprint density at radius 2 is 1.85 bits per heavy atom. The van der Waals surface area contributed by atoms with Crippen LogP contribution in [0.4, 0.5) is 4.39 Å². The maximum Gasteiger partial charge on any atom is 0.166 e. The fourth-order valence-electron chi connectivity index (χ4n) is 4.44. The Labute approximate surface area is 230 Å². The zero-order valence-corrected chi connectivity index (χ0v) is 22.9. The normalized spacial score (nSPS) is 11.3. The average Bonchev–Trinajstić information content (AvgIpc) is 3.55. The first kappa shape index (κ1) is 26.7. The van der Waals surface area contributed by atoms with Crippen molar-refractivity contribution < 1.29 is 18.4 Å². The van der Waals surface area contributed by atoms with Crippen LogP contribution in [0.3, 0.4) is 0 Å². The molecule has 0 spiro atoms. The van der Waals surface area contributed by atoms with Gasteiger partial charge >= 0.3 is 0 Å². The highest BCUT2D eigenvalue weighted by molar-refractivity contribution is 7.22. The molecule has 5 rings (SSSR count). The minimum absolute atomic E-state index is 0.0727. The van der Waals surface area contributed by atoms with E-state index in [-0.39, 0.29) is 24.4 Å². The van der Waals surface area contributed by atoms with Crippen molar-refractivity contribution in [3.8, 4) is 22.1 Å². The maximum absolute atomic E-state index is 15.0. The molecule has 200 valence electrons. The Morgan fingerprint density at radius 3 is 2.59 bits per heavy atom. The van der Waals surface area contributed by atoms with E-state index in [1.807, 2.05) is 18.3 Å².